The molecule has 0 saturated carbocycles. The van der Waals surface area contributed by atoms with Gasteiger partial charge in [-0.1, -0.05) is 6.07 Å². The molecule has 1 heterocycles. The minimum atomic E-state index is -0.448. The molecule has 0 aliphatic heterocycles. The van der Waals surface area contributed by atoms with Gasteiger partial charge in [0.15, 0.2) is 0 Å². The van der Waals surface area contributed by atoms with Crippen LogP contribution in [0.25, 0.3) is 0 Å². The molecule has 0 saturated heterocycles. The molecule has 94 valence electrons. The van der Waals surface area contributed by atoms with E-state index in [1.165, 1.54) is 11.3 Å². The predicted octanol–water partition coefficient (Wildman–Crippen LogP) is 2.58. The summed E-state index contributed by atoms with van der Waals surface area (Å²) >= 11 is 1.54. The Morgan fingerprint density at radius 2 is 2.17 bits per heavy atom. The maximum Gasteiger partial charge on any atom is 0.340 e. The average Bonchev–Trinajstić information content (AvgIpc) is 2.83. The third-order valence-electron chi connectivity index (χ3n) is 2.50. The molecule has 0 radical (unpaired) electrons. The Hall–Kier alpha value is -2.01. The van der Waals surface area contributed by atoms with Gasteiger partial charge in [0.1, 0.15) is 6.61 Å². The minimum absolute atomic E-state index is 0.254. The first-order chi connectivity index (χ1) is 8.58. The van der Waals surface area contributed by atoms with Gasteiger partial charge in [-0.3, -0.25) is 0 Å². The number of rotatable bonds is 3. The summed E-state index contributed by atoms with van der Waals surface area (Å²) in [6.07, 6.45) is 0. The van der Waals surface area contributed by atoms with Crippen LogP contribution in [-0.2, 0) is 11.3 Å². The SMILES string of the molecule is Cc1cc(N)c(N)c(C(=O)OCc2cccs2)c1. The van der Waals surface area contributed by atoms with E-state index in [0.29, 0.717) is 11.3 Å². The Morgan fingerprint density at radius 3 is 2.83 bits per heavy atom. The van der Waals surface area contributed by atoms with Gasteiger partial charge in [0.05, 0.1) is 16.9 Å². The standard InChI is InChI=1S/C13H14N2O2S/c1-8-5-10(12(15)11(14)6-8)13(16)17-7-9-3-2-4-18-9/h2-6H,7,14-15H2,1H3. The second-order valence-electron chi connectivity index (χ2n) is 3.97. The number of carbonyl (C=O) groups is 1. The van der Waals surface area contributed by atoms with E-state index in [0.717, 1.165) is 10.4 Å². The first kappa shape index (κ1) is 12.4. The largest absolute Gasteiger partial charge is 0.456 e. The number of aryl methyl sites for hydroxylation is 1. The molecule has 0 unspecified atom stereocenters. The van der Waals surface area contributed by atoms with E-state index in [2.05, 4.69) is 0 Å². The Bertz CT molecular complexity index is 565. The second kappa shape index (κ2) is 5.10. The molecule has 0 atom stereocenters. The van der Waals surface area contributed by atoms with Gasteiger partial charge in [-0.15, -0.1) is 11.3 Å². The Morgan fingerprint density at radius 1 is 1.39 bits per heavy atom. The Labute approximate surface area is 109 Å². The highest BCUT2D eigenvalue weighted by molar-refractivity contribution is 7.09. The highest BCUT2D eigenvalue weighted by Gasteiger charge is 2.14. The van der Waals surface area contributed by atoms with Crippen molar-refractivity contribution in [3.63, 3.8) is 0 Å². The molecule has 1 aromatic heterocycles. The van der Waals surface area contributed by atoms with E-state index in [-0.39, 0.29) is 12.3 Å². The lowest BCUT2D eigenvalue weighted by Crippen LogP contribution is -2.10. The predicted molar refractivity (Wildman–Crippen MR) is 73.4 cm³/mol. The first-order valence-electron chi connectivity index (χ1n) is 5.43. The van der Waals surface area contributed by atoms with Crippen molar-refractivity contribution in [1.29, 1.82) is 0 Å². The van der Waals surface area contributed by atoms with Crippen LogP contribution in [0.15, 0.2) is 29.6 Å². The van der Waals surface area contributed by atoms with E-state index in [4.69, 9.17) is 16.2 Å². The lowest BCUT2D eigenvalue weighted by atomic mass is 10.1. The Balaban J connectivity index is 2.14. The number of carbonyl (C=O) groups excluding carboxylic acids is 1. The summed E-state index contributed by atoms with van der Waals surface area (Å²) in [4.78, 5) is 12.9. The number of esters is 1. The van der Waals surface area contributed by atoms with Crippen LogP contribution in [0, 0.1) is 6.92 Å². The number of thiophene rings is 1. The van der Waals surface area contributed by atoms with Crippen molar-refractivity contribution in [2.75, 3.05) is 11.5 Å². The first-order valence-corrected chi connectivity index (χ1v) is 6.31. The molecule has 1 aromatic carbocycles. The number of hydrogen-bond donors (Lipinski definition) is 2. The van der Waals surface area contributed by atoms with Gasteiger partial charge in [0, 0.05) is 4.88 Å². The maximum absolute atomic E-state index is 11.9. The lowest BCUT2D eigenvalue weighted by molar-refractivity contribution is 0.0478. The van der Waals surface area contributed by atoms with Crippen molar-refractivity contribution in [2.45, 2.75) is 13.5 Å². The van der Waals surface area contributed by atoms with E-state index < -0.39 is 5.97 Å². The zero-order valence-electron chi connectivity index (χ0n) is 9.97. The molecule has 0 aliphatic carbocycles. The molecule has 4 nitrogen and oxygen atoms in total. The van der Waals surface area contributed by atoms with Crippen LogP contribution in [0.2, 0.25) is 0 Å². The number of ether oxygens (including phenoxy) is 1. The van der Waals surface area contributed by atoms with Gasteiger partial charge in [-0.05, 0) is 36.1 Å². The van der Waals surface area contributed by atoms with E-state index >= 15 is 0 Å². The van der Waals surface area contributed by atoms with Gasteiger partial charge < -0.3 is 16.2 Å². The molecule has 0 amide bonds. The second-order valence-corrected chi connectivity index (χ2v) is 5.00. The molecule has 0 aliphatic rings. The molecule has 5 heteroatoms. The van der Waals surface area contributed by atoms with E-state index in [1.54, 1.807) is 12.1 Å². The van der Waals surface area contributed by atoms with Crippen molar-refractivity contribution in [2.24, 2.45) is 0 Å². The average molecular weight is 262 g/mol. The highest BCUT2D eigenvalue weighted by Crippen LogP contribution is 2.23. The van der Waals surface area contributed by atoms with Crippen molar-refractivity contribution < 1.29 is 9.53 Å². The number of anilines is 2. The monoisotopic (exact) mass is 262 g/mol. The van der Waals surface area contributed by atoms with E-state index in [9.17, 15) is 4.79 Å². The summed E-state index contributed by atoms with van der Waals surface area (Å²) in [5, 5.41) is 1.93. The minimum Gasteiger partial charge on any atom is -0.456 e. The van der Waals surface area contributed by atoms with Crippen LogP contribution in [0.1, 0.15) is 20.8 Å². The summed E-state index contributed by atoms with van der Waals surface area (Å²) in [5.74, 6) is -0.448. The van der Waals surface area contributed by atoms with E-state index in [1.807, 2.05) is 24.4 Å². The van der Waals surface area contributed by atoms with Crippen LogP contribution >= 0.6 is 11.3 Å². The van der Waals surface area contributed by atoms with Gasteiger partial charge >= 0.3 is 5.97 Å². The Kier molecular flexibility index (Phi) is 3.53. The van der Waals surface area contributed by atoms with Crippen molar-refractivity contribution in [1.82, 2.24) is 0 Å². The summed E-state index contributed by atoms with van der Waals surface area (Å²) in [7, 11) is 0. The fourth-order valence-corrected chi connectivity index (χ4v) is 2.22. The van der Waals surface area contributed by atoms with Gasteiger partial charge in [0.2, 0.25) is 0 Å². The zero-order chi connectivity index (χ0) is 13.1. The number of hydrogen-bond acceptors (Lipinski definition) is 5. The zero-order valence-corrected chi connectivity index (χ0v) is 10.8. The molecule has 2 aromatic rings. The molecule has 0 fully saturated rings. The third-order valence-corrected chi connectivity index (χ3v) is 3.35. The lowest BCUT2D eigenvalue weighted by Gasteiger charge is -2.09. The molecule has 0 bridgehead atoms. The number of benzene rings is 1. The summed E-state index contributed by atoms with van der Waals surface area (Å²) in [6.45, 7) is 2.11. The van der Waals surface area contributed by atoms with Gasteiger partial charge in [0.25, 0.3) is 0 Å². The number of nitrogen functional groups attached to an aromatic ring is 2. The smallest absolute Gasteiger partial charge is 0.340 e. The van der Waals surface area contributed by atoms with Crippen molar-refractivity contribution in [3.05, 3.63) is 45.6 Å². The third kappa shape index (κ3) is 2.62. The van der Waals surface area contributed by atoms with Crippen LogP contribution < -0.4 is 11.5 Å². The van der Waals surface area contributed by atoms with Crippen LogP contribution in [-0.4, -0.2) is 5.97 Å². The summed E-state index contributed by atoms with van der Waals surface area (Å²) in [6, 6.07) is 7.23. The maximum atomic E-state index is 11.9. The normalized spacial score (nSPS) is 10.3. The van der Waals surface area contributed by atoms with Gasteiger partial charge in [-0.25, -0.2) is 4.79 Å². The molecular weight excluding hydrogens is 248 g/mol. The number of nitrogens with two attached hydrogens (primary N) is 2. The van der Waals surface area contributed by atoms with Gasteiger partial charge in [-0.2, -0.15) is 0 Å². The van der Waals surface area contributed by atoms with Crippen LogP contribution in [0.5, 0.6) is 0 Å². The summed E-state index contributed by atoms with van der Waals surface area (Å²) in [5.41, 5.74) is 13.4. The topological polar surface area (TPSA) is 78.3 Å². The van der Waals surface area contributed by atoms with Crippen molar-refractivity contribution >= 4 is 28.7 Å². The fraction of sp³-hybridized carbons (Fsp3) is 0.154. The molecule has 2 rings (SSSR count). The molecular formula is C13H14N2O2S. The van der Waals surface area contributed by atoms with Crippen LogP contribution in [0.4, 0.5) is 11.4 Å². The molecule has 4 N–H and O–H groups in total. The summed E-state index contributed by atoms with van der Waals surface area (Å²) < 4.78 is 5.20. The van der Waals surface area contributed by atoms with Crippen LogP contribution in [0.3, 0.4) is 0 Å². The molecule has 18 heavy (non-hydrogen) atoms. The van der Waals surface area contributed by atoms with Crippen molar-refractivity contribution in [3.8, 4) is 0 Å². The quantitative estimate of drug-likeness (QED) is 0.658. The highest BCUT2D eigenvalue weighted by atomic mass is 32.1. The fourth-order valence-electron chi connectivity index (χ4n) is 1.60. The molecule has 0 spiro atoms.